The van der Waals surface area contributed by atoms with Crippen LogP contribution < -0.4 is 38.5 Å². The van der Waals surface area contributed by atoms with Gasteiger partial charge in [0.2, 0.25) is 0 Å². The summed E-state index contributed by atoms with van der Waals surface area (Å²) >= 11 is 0. The first-order valence-electron chi connectivity index (χ1n) is 58.8. The fourth-order valence-corrected chi connectivity index (χ4v) is 38.5. The average molecular weight is 2070 g/mol. The van der Waals surface area contributed by atoms with Crippen LogP contribution in [0.3, 0.4) is 0 Å². The van der Waals surface area contributed by atoms with Crippen LogP contribution in [0.5, 0.6) is 0 Å². The number of alkyl carbamates (subject to hydrolysis) is 2. The SMILES string of the molecule is C[C@]12CC[C@H](OC(=O)N3CCNCC3)C[C@H]1CC[C@@H]1[C@@H]2CC[C@]2(C)[C@@H](c3ccc(=O)oc3)CC[C@]12O.C[C@]12CC[C@H](OC(=O)N3CCOCC3)C[C@H]1CC[C@@H]1[C@@H]2CC[C@]2(C)[C@@H](c3ccc(=O)oc3)CC[C@]12O.C[C@]12CC[C@H](OC(=O)NCCN3CCCC3)C[C@H]1CC[C@@H]1[C@@H]2CC[C@]2(C)[C@@H](c3ccc(=O)oc3)CC[C@]12O.C[C@]12CC[C@H](OC(=O)NCCN3CCOCC3)C[C@H]1CC[C@@H]1[C@@H]2CC[C@]2(C)[C@@H](c3ccc(=O)oc3)CC[C@]12O. The Morgan fingerprint density at radius 3 is 0.886 bits per heavy atom. The number of morpholine rings is 2. The van der Waals surface area contributed by atoms with Crippen LogP contribution in [-0.2, 0) is 28.4 Å². The summed E-state index contributed by atoms with van der Waals surface area (Å²) in [7, 11) is 0. The molecule has 20 aliphatic rings. The number of hydrogen-bond donors (Lipinski definition) is 7. The summed E-state index contributed by atoms with van der Waals surface area (Å²) in [5, 5.41) is 58.9. The van der Waals surface area contributed by atoms with E-state index < -0.39 is 22.4 Å². The van der Waals surface area contributed by atoms with Crippen molar-refractivity contribution in [2.75, 3.05) is 118 Å². The van der Waals surface area contributed by atoms with E-state index >= 15 is 0 Å². The van der Waals surface area contributed by atoms with Gasteiger partial charge in [0.15, 0.2) is 0 Å². The maximum Gasteiger partial charge on any atom is 0.410 e. The number of rotatable bonds is 14. The monoisotopic (exact) mass is 2070 g/mol. The zero-order chi connectivity index (χ0) is 104. The molecule has 4 aliphatic heterocycles. The Kier molecular flexibility index (Phi) is 30.6. The largest absolute Gasteiger partial charge is 0.446 e. The molecular weight excluding hydrogens is 1890 g/mol. The summed E-state index contributed by atoms with van der Waals surface area (Å²) in [5.41, 5.74) is 0.0715. The predicted octanol–water partition coefficient (Wildman–Crippen LogP) is 18.4. The van der Waals surface area contributed by atoms with E-state index in [0.29, 0.717) is 110 Å². The van der Waals surface area contributed by atoms with Crippen molar-refractivity contribution in [1.29, 1.82) is 0 Å². The molecule has 20 fully saturated rings. The van der Waals surface area contributed by atoms with Crippen LogP contribution in [0.25, 0.3) is 0 Å². The molecule has 4 aromatic rings. The number of ether oxygens (including phenoxy) is 6. The molecule has 0 bridgehead atoms. The Hall–Kier alpha value is -7.48. The molecule has 4 amide bonds. The van der Waals surface area contributed by atoms with Crippen molar-refractivity contribution in [2.24, 2.45) is 114 Å². The smallest absolute Gasteiger partial charge is 0.410 e. The molecule has 29 heteroatoms. The molecule has 16 saturated carbocycles. The molecule has 16 aliphatic carbocycles. The van der Waals surface area contributed by atoms with Crippen LogP contribution in [-0.4, -0.2) is 229 Å². The zero-order valence-electron chi connectivity index (χ0n) is 90.5. The molecule has 4 aromatic heterocycles. The van der Waals surface area contributed by atoms with E-state index in [4.69, 9.17) is 46.1 Å². The first-order chi connectivity index (χ1) is 71.4. The van der Waals surface area contributed by atoms with Gasteiger partial charge in [-0.1, -0.05) is 55.4 Å². The van der Waals surface area contributed by atoms with Gasteiger partial charge >= 0.3 is 46.9 Å². The van der Waals surface area contributed by atoms with Crippen LogP contribution in [0.15, 0.2) is 110 Å². The number of likely N-dealkylation sites (tertiary alicyclic amines) is 1. The van der Waals surface area contributed by atoms with Gasteiger partial charge in [-0.25, -0.2) is 38.4 Å². The van der Waals surface area contributed by atoms with E-state index in [1.54, 1.807) is 30.0 Å². The Bertz CT molecular complexity index is 5390. The summed E-state index contributed by atoms with van der Waals surface area (Å²) < 4.78 is 55.5. The fourth-order valence-electron chi connectivity index (χ4n) is 38.5. The lowest BCUT2D eigenvalue weighted by Crippen LogP contribution is -2.62. The third-order valence-electron chi connectivity index (χ3n) is 47.1. The second-order valence-electron chi connectivity index (χ2n) is 52.8. The highest BCUT2D eigenvalue weighted by molar-refractivity contribution is 5.69. The number of amides is 4. The van der Waals surface area contributed by atoms with Crippen LogP contribution in [0.1, 0.15) is 345 Å². The normalized spacial score (nSPS) is 43.3. The van der Waals surface area contributed by atoms with Gasteiger partial charge in [-0.05, 0) is 420 Å². The molecule has 0 aromatic carbocycles. The van der Waals surface area contributed by atoms with Gasteiger partial charge in [0.05, 0.1) is 73.9 Å². The molecule has 7 N–H and O–H groups in total. The Morgan fingerprint density at radius 1 is 0.322 bits per heavy atom. The van der Waals surface area contributed by atoms with Crippen LogP contribution >= 0.6 is 0 Å². The molecule has 32 atom stereocenters. The van der Waals surface area contributed by atoms with Crippen molar-refractivity contribution in [3.8, 4) is 0 Å². The lowest BCUT2D eigenvalue weighted by Gasteiger charge is -2.63. The van der Waals surface area contributed by atoms with E-state index in [1.165, 1.54) is 37.1 Å². The van der Waals surface area contributed by atoms with Crippen molar-refractivity contribution in [1.82, 2.24) is 35.6 Å². The van der Waals surface area contributed by atoms with E-state index in [-0.39, 0.29) is 138 Å². The molecule has 24 rings (SSSR count). The van der Waals surface area contributed by atoms with Gasteiger partial charge in [-0.15, -0.1) is 0 Å². The van der Waals surface area contributed by atoms with Gasteiger partial charge in [0, 0.05) is 124 Å². The summed E-state index contributed by atoms with van der Waals surface area (Å²) in [6.07, 6.45) is 43.8. The maximum atomic E-state index is 12.7. The van der Waals surface area contributed by atoms with Gasteiger partial charge in [0.25, 0.3) is 0 Å². The third kappa shape index (κ3) is 19.5. The predicted molar refractivity (Wildman–Crippen MR) is 560 cm³/mol. The van der Waals surface area contributed by atoms with Crippen LogP contribution in [0, 0.1) is 114 Å². The third-order valence-corrected chi connectivity index (χ3v) is 47.1. The number of carbonyl (C=O) groups is 4. The molecule has 0 radical (unpaired) electrons. The van der Waals surface area contributed by atoms with Crippen molar-refractivity contribution in [3.63, 3.8) is 0 Å². The minimum atomic E-state index is -0.696. The fraction of sp³-hybridized carbons (Fsp3) is 0.800. The van der Waals surface area contributed by atoms with Gasteiger partial charge < -0.3 is 97.2 Å². The second kappa shape index (κ2) is 42.6. The molecule has 822 valence electrons. The van der Waals surface area contributed by atoms with E-state index in [1.807, 2.05) is 29.2 Å². The quantitative estimate of drug-likeness (QED) is 0.0577. The highest BCUT2D eigenvalue weighted by Crippen LogP contribution is 2.77. The molecule has 0 spiro atoms. The number of nitrogens with one attached hydrogen (secondary N) is 3. The first kappa shape index (κ1) is 107. The summed E-state index contributed by atoms with van der Waals surface area (Å²) in [5.74, 6) is 6.19. The van der Waals surface area contributed by atoms with Crippen molar-refractivity contribution < 1.29 is 85.7 Å². The zero-order valence-corrected chi connectivity index (χ0v) is 90.5. The average Bonchev–Trinajstić information content (AvgIpc) is 1.61. The number of piperazine rings is 1. The van der Waals surface area contributed by atoms with Crippen LogP contribution in [0.4, 0.5) is 19.2 Å². The molecule has 29 nitrogen and oxygen atoms in total. The molecule has 0 unspecified atom stereocenters. The Morgan fingerprint density at radius 2 is 0.597 bits per heavy atom. The summed E-state index contributed by atoms with van der Waals surface area (Å²) in [6, 6.07) is 13.7. The van der Waals surface area contributed by atoms with Crippen molar-refractivity contribution in [3.05, 3.63) is 138 Å². The number of carbonyl (C=O) groups excluding carboxylic acids is 4. The minimum Gasteiger partial charge on any atom is -0.446 e. The van der Waals surface area contributed by atoms with Crippen LogP contribution in [0.2, 0.25) is 0 Å². The van der Waals surface area contributed by atoms with E-state index in [2.05, 4.69) is 81.1 Å². The maximum absolute atomic E-state index is 12.7. The molecule has 8 heterocycles. The highest BCUT2D eigenvalue weighted by Gasteiger charge is 2.73. The Balaban J connectivity index is 0.000000116. The van der Waals surface area contributed by atoms with Gasteiger partial charge in [-0.2, -0.15) is 0 Å². The summed E-state index contributed by atoms with van der Waals surface area (Å²) in [6.45, 7) is 33.1. The van der Waals surface area contributed by atoms with Gasteiger partial charge in [-0.3, -0.25) is 4.90 Å². The topological polar surface area (TPSA) is 374 Å². The van der Waals surface area contributed by atoms with Crippen molar-refractivity contribution >= 4 is 24.4 Å². The molecule has 4 saturated heterocycles. The van der Waals surface area contributed by atoms with Crippen molar-refractivity contribution in [2.45, 2.75) is 370 Å². The second-order valence-corrected chi connectivity index (χ2v) is 52.8. The van der Waals surface area contributed by atoms with E-state index in [0.717, 1.165) is 332 Å². The first-order valence-corrected chi connectivity index (χ1v) is 58.8. The number of aliphatic hydroxyl groups is 4. The highest BCUT2D eigenvalue weighted by atomic mass is 16.6. The Labute approximate surface area is 880 Å². The lowest BCUT2D eigenvalue weighted by atomic mass is 9.43. The van der Waals surface area contributed by atoms with E-state index in [9.17, 15) is 58.8 Å². The number of fused-ring (bicyclic) bond motifs is 20. The molecule has 149 heavy (non-hydrogen) atoms. The minimum absolute atomic E-state index is 0.00282. The van der Waals surface area contributed by atoms with Gasteiger partial charge in [0.1, 0.15) is 24.4 Å². The molecular formula is C120H175N7O22. The number of hydrogen-bond acceptors (Lipinski definition) is 25. The number of nitrogens with zero attached hydrogens (tertiary/aromatic N) is 4. The lowest BCUT2D eigenvalue weighted by molar-refractivity contribution is -0.205. The standard InChI is InChI=1S/C31H46N2O6.C31H46N2O5.C29H42N2O5.C29H41NO6/c1-29-10-7-23(39-28(35)32-13-14-33-15-17-37-18-16-33)19-22(29)4-5-26-25(29)8-11-30(2)24(9-12-31(26,30)36)21-3-6-27(34)38-20-21;1-29-12-9-23(38-28(35)32-15-18-33-16-3-4-17-33)19-22(29)6-7-26-25(29)10-13-30(2)24(11-14-31(26,30)36)21-5-8-27(34)37-20-21;1-27-10-7-21(36-26(33)31-15-13-30-14-16-31)17-20(27)4-5-24-23(27)8-11-28(2)22(9-12-29(24,28)34)19-3-6-25(32)35-18-19;1-27-10-7-21(36-26(32)30-13-15-34-16-14-30)17-20(27)4-5-24-23(27)8-11-28(2)22(9-12-29(24,28)33)19-3-6-25(31)35-18-19/h3,6,20,22-26,36H,4-5,7-19H2,1-2H3,(H,32,35);5,8,20,22-26,36H,3-4,6-7,9-19H2,1-2H3,(H,32,35);3,6,18,20-24,30,34H,4-5,7-17H2,1-2H3;3,6,18,20-24,33H,4-5,7-17H2,1-2H3/t2*22-,23+,24-,25+,26-,29+,30-,31+;2*20-,21+,22-,23+,24-,27+,28-,29+/m1111/s1. The summed E-state index contributed by atoms with van der Waals surface area (Å²) in [4.78, 5) is 105.